The molecule has 0 saturated heterocycles. The number of alkyl halides is 3. The number of pyridine rings is 1. The first-order valence-corrected chi connectivity index (χ1v) is 8.95. The molecule has 0 aliphatic heterocycles. The molecule has 0 bridgehead atoms. The van der Waals surface area contributed by atoms with Crippen molar-refractivity contribution in [3.8, 4) is 11.4 Å². The number of aromatic nitrogens is 3. The third-order valence-electron chi connectivity index (χ3n) is 4.27. The Morgan fingerprint density at radius 2 is 1.97 bits per heavy atom. The minimum Gasteiger partial charge on any atom is -0.497 e. The maximum absolute atomic E-state index is 13.2. The molecule has 2 heterocycles. The predicted molar refractivity (Wildman–Crippen MR) is 105 cm³/mol. The Morgan fingerprint density at radius 3 is 2.60 bits per heavy atom. The average Bonchev–Trinajstić information content (AvgIpc) is 3.08. The number of rotatable bonds is 6. The first-order valence-electron chi connectivity index (χ1n) is 8.95. The van der Waals surface area contributed by atoms with Crippen LogP contribution < -0.4 is 15.4 Å². The molecule has 1 amide bonds. The molecule has 10 heteroatoms. The summed E-state index contributed by atoms with van der Waals surface area (Å²) >= 11 is 0. The Morgan fingerprint density at radius 1 is 1.20 bits per heavy atom. The lowest BCUT2D eigenvalue weighted by Crippen LogP contribution is -2.21. The molecule has 2 N–H and O–H groups in total. The number of carbonyl (C=O) groups excluding carboxylic acids is 1. The van der Waals surface area contributed by atoms with Gasteiger partial charge in [0.25, 0.3) is 0 Å². The zero-order chi connectivity index (χ0) is 21.9. The van der Waals surface area contributed by atoms with Gasteiger partial charge in [-0.15, -0.1) is 5.10 Å². The van der Waals surface area contributed by atoms with Gasteiger partial charge in [-0.05, 0) is 31.2 Å². The molecule has 0 aliphatic rings. The van der Waals surface area contributed by atoms with E-state index in [2.05, 4.69) is 20.7 Å². The van der Waals surface area contributed by atoms with Gasteiger partial charge in [0.2, 0.25) is 5.91 Å². The van der Waals surface area contributed by atoms with E-state index in [1.54, 1.807) is 29.1 Å². The second-order valence-electron chi connectivity index (χ2n) is 6.51. The summed E-state index contributed by atoms with van der Waals surface area (Å²) in [6, 6.07) is 8.44. The van der Waals surface area contributed by atoms with Crippen molar-refractivity contribution in [2.24, 2.45) is 0 Å². The van der Waals surface area contributed by atoms with E-state index in [4.69, 9.17) is 4.74 Å². The maximum Gasteiger partial charge on any atom is 0.416 e. The number of likely N-dealkylation sites (N-methyl/N-ethyl adjacent to an activating group) is 1. The highest BCUT2D eigenvalue weighted by Crippen LogP contribution is 2.35. The minimum atomic E-state index is -4.52. The zero-order valence-electron chi connectivity index (χ0n) is 16.5. The molecule has 158 valence electrons. The van der Waals surface area contributed by atoms with Gasteiger partial charge in [-0.1, -0.05) is 0 Å². The standard InChI is InChI=1S/C20H20F3N5O2/c1-12-6-15(4-5-25-12)28-16(11-19(29)24-2)10-18(27-28)26-14-7-13(20(21,22)23)8-17(9-14)30-3/h4-10H,11H2,1-3H3,(H,24,29)(H,26,27). The molecule has 0 unspecified atom stereocenters. The highest BCUT2D eigenvalue weighted by molar-refractivity contribution is 5.78. The van der Waals surface area contributed by atoms with Gasteiger partial charge in [-0.3, -0.25) is 9.78 Å². The molecule has 30 heavy (non-hydrogen) atoms. The number of hydrogen-bond acceptors (Lipinski definition) is 5. The van der Waals surface area contributed by atoms with Crippen molar-refractivity contribution >= 4 is 17.4 Å². The Hall–Kier alpha value is -3.56. The predicted octanol–water partition coefficient (Wildman–Crippen LogP) is 3.64. The van der Waals surface area contributed by atoms with Crippen molar-refractivity contribution in [2.75, 3.05) is 19.5 Å². The number of amides is 1. The lowest BCUT2D eigenvalue weighted by atomic mass is 10.1. The summed E-state index contributed by atoms with van der Waals surface area (Å²) in [7, 11) is 2.81. The fraction of sp³-hybridized carbons (Fsp3) is 0.250. The van der Waals surface area contributed by atoms with Crippen LogP contribution in [0.25, 0.3) is 5.69 Å². The molecular formula is C20H20F3N5O2. The quantitative estimate of drug-likeness (QED) is 0.638. The molecule has 0 radical (unpaired) electrons. The number of methoxy groups -OCH3 is 1. The van der Waals surface area contributed by atoms with E-state index in [1.807, 2.05) is 6.92 Å². The fourth-order valence-corrected chi connectivity index (χ4v) is 2.85. The number of anilines is 2. The molecule has 0 atom stereocenters. The first kappa shape index (κ1) is 21.2. The van der Waals surface area contributed by atoms with Crippen LogP contribution in [0.15, 0.2) is 42.6 Å². The summed E-state index contributed by atoms with van der Waals surface area (Å²) in [6.07, 6.45) is -2.87. The Kier molecular flexibility index (Phi) is 5.95. The third-order valence-corrected chi connectivity index (χ3v) is 4.27. The Bertz CT molecular complexity index is 1060. The van der Waals surface area contributed by atoms with Crippen molar-refractivity contribution < 1.29 is 22.7 Å². The minimum absolute atomic E-state index is 0.0401. The largest absolute Gasteiger partial charge is 0.497 e. The lowest BCUT2D eigenvalue weighted by Gasteiger charge is -2.12. The molecular weight excluding hydrogens is 399 g/mol. The van der Waals surface area contributed by atoms with E-state index in [1.165, 1.54) is 20.2 Å². The number of aryl methyl sites for hydroxylation is 1. The normalized spacial score (nSPS) is 11.3. The molecule has 1 aromatic carbocycles. The van der Waals surface area contributed by atoms with Crippen LogP contribution in [0.2, 0.25) is 0 Å². The van der Waals surface area contributed by atoms with Gasteiger partial charge in [-0.2, -0.15) is 13.2 Å². The zero-order valence-corrected chi connectivity index (χ0v) is 16.5. The number of nitrogens with zero attached hydrogens (tertiary/aromatic N) is 3. The van der Waals surface area contributed by atoms with Gasteiger partial charge in [-0.25, -0.2) is 4.68 Å². The van der Waals surface area contributed by atoms with Gasteiger partial charge in [0, 0.05) is 36.8 Å². The summed E-state index contributed by atoms with van der Waals surface area (Å²) in [5.41, 5.74) is 1.30. The molecule has 0 spiro atoms. The van der Waals surface area contributed by atoms with Crippen molar-refractivity contribution in [3.63, 3.8) is 0 Å². The second kappa shape index (κ2) is 8.44. The molecule has 3 aromatic rings. The molecule has 2 aromatic heterocycles. The topological polar surface area (TPSA) is 81.1 Å². The third kappa shape index (κ3) is 4.88. The van der Waals surface area contributed by atoms with E-state index in [-0.39, 0.29) is 29.6 Å². The number of nitrogens with one attached hydrogen (secondary N) is 2. The number of benzene rings is 1. The lowest BCUT2D eigenvalue weighted by molar-refractivity contribution is -0.137. The van der Waals surface area contributed by atoms with Gasteiger partial charge >= 0.3 is 6.18 Å². The van der Waals surface area contributed by atoms with E-state index in [0.717, 1.165) is 17.8 Å². The van der Waals surface area contributed by atoms with Gasteiger partial charge in [0.05, 0.1) is 30.5 Å². The smallest absolute Gasteiger partial charge is 0.416 e. The molecule has 0 saturated carbocycles. The van der Waals surface area contributed by atoms with Crippen molar-refractivity contribution in [1.82, 2.24) is 20.1 Å². The number of ether oxygens (including phenoxy) is 1. The molecule has 7 nitrogen and oxygen atoms in total. The van der Waals surface area contributed by atoms with E-state index < -0.39 is 11.7 Å². The first-order chi connectivity index (χ1) is 14.2. The molecule has 0 fully saturated rings. The van der Waals surface area contributed by atoms with Crippen LogP contribution in [0.3, 0.4) is 0 Å². The highest BCUT2D eigenvalue weighted by atomic mass is 19.4. The highest BCUT2D eigenvalue weighted by Gasteiger charge is 2.31. The number of halogens is 3. The summed E-state index contributed by atoms with van der Waals surface area (Å²) in [4.78, 5) is 16.1. The maximum atomic E-state index is 13.2. The van der Waals surface area contributed by atoms with Crippen LogP contribution in [0.4, 0.5) is 24.7 Å². The molecule has 3 rings (SSSR count). The van der Waals surface area contributed by atoms with Crippen LogP contribution in [-0.4, -0.2) is 34.8 Å². The van der Waals surface area contributed by atoms with Crippen LogP contribution in [-0.2, 0) is 17.4 Å². The van der Waals surface area contributed by atoms with Gasteiger partial charge < -0.3 is 15.4 Å². The Labute approximate surface area is 170 Å². The second-order valence-corrected chi connectivity index (χ2v) is 6.51. The van der Waals surface area contributed by atoms with Crippen LogP contribution in [0.5, 0.6) is 5.75 Å². The van der Waals surface area contributed by atoms with Crippen LogP contribution >= 0.6 is 0 Å². The SMILES string of the molecule is CNC(=O)Cc1cc(Nc2cc(OC)cc(C(F)(F)F)c2)nn1-c1ccnc(C)c1. The fourth-order valence-electron chi connectivity index (χ4n) is 2.85. The number of hydrogen-bond donors (Lipinski definition) is 2. The monoisotopic (exact) mass is 419 g/mol. The molecule has 0 aliphatic carbocycles. The van der Waals surface area contributed by atoms with Gasteiger partial charge in [0.15, 0.2) is 5.82 Å². The average molecular weight is 419 g/mol. The van der Waals surface area contributed by atoms with E-state index in [9.17, 15) is 18.0 Å². The summed E-state index contributed by atoms with van der Waals surface area (Å²) in [5, 5.41) is 9.84. The van der Waals surface area contributed by atoms with Crippen molar-refractivity contribution in [3.05, 3.63) is 59.5 Å². The summed E-state index contributed by atoms with van der Waals surface area (Å²) in [5.74, 6) is 0.112. The van der Waals surface area contributed by atoms with E-state index in [0.29, 0.717) is 11.4 Å². The van der Waals surface area contributed by atoms with E-state index >= 15 is 0 Å². The Balaban J connectivity index is 2.01. The van der Waals surface area contributed by atoms with Crippen molar-refractivity contribution in [2.45, 2.75) is 19.5 Å². The van der Waals surface area contributed by atoms with Crippen LogP contribution in [0, 0.1) is 6.92 Å². The van der Waals surface area contributed by atoms with Gasteiger partial charge in [0.1, 0.15) is 5.75 Å². The number of carbonyl (C=O) groups is 1. The van der Waals surface area contributed by atoms with Crippen molar-refractivity contribution in [1.29, 1.82) is 0 Å². The summed E-state index contributed by atoms with van der Waals surface area (Å²) < 4.78 is 46.1. The van der Waals surface area contributed by atoms with Crippen LogP contribution in [0.1, 0.15) is 17.0 Å². The summed E-state index contributed by atoms with van der Waals surface area (Å²) in [6.45, 7) is 1.82.